The van der Waals surface area contributed by atoms with Crippen LogP contribution >= 0.6 is 11.3 Å². The zero-order chi connectivity index (χ0) is 22.0. The Morgan fingerprint density at radius 3 is 2.45 bits per heavy atom. The van der Waals surface area contributed by atoms with Gasteiger partial charge in [-0.15, -0.1) is 11.3 Å². The summed E-state index contributed by atoms with van der Waals surface area (Å²) in [7, 11) is 0. The van der Waals surface area contributed by atoms with Gasteiger partial charge in [0, 0.05) is 23.3 Å². The highest BCUT2D eigenvalue weighted by Gasteiger charge is 2.35. The fourth-order valence-electron chi connectivity index (χ4n) is 4.80. The Balaban J connectivity index is 1.55. The predicted molar refractivity (Wildman–Crippen MR) is 114 cm³/mol. The molecule has 2 aliphatic rings. The molecule has 0 bridgehead atoms. The molecule has 1 aromatic carbocycles. The van der Waals surface area contributed by atoms with Gasteiger partial charge >= 0.3 is 12.1 Å². The zero-order valence-electron chi connectivity index (χ0n) is 17.3. The molecule has 2 heterocycles. The summed E-state index contributed by atoms with van der Waals surface area (Å²) < 4.78 is 41.6. The van der Waals surface area contributed by atoms with Crippen LogP contribution < -0.4 is 5.32 Å². The van der Waals surface area contributed by atoms with Crippen molar-refractivity contribution in [3.05, 3.63) is 39.2 Å². The van der Waals surface area contributed by atoms with Gasteiger partial charge in [-0.3, -0.25) is 4.79 Å². The summed E-state index contributed by atoms with van der Waals surface area (Å²) in [5.74, 6) is -0.0929. The number of nitrogens with one attached hydrogen (secondary N) is 1. The van der Waals surface area contributed by atoms with Crippen LogP contribution in [0.2, 0.25) is 0 Å². The number of benzene rings is 1. The highest BCUT2D eigenvalue weighted by molar-refractivity contribution is 7.10. The van der Waals surface area contributed by atoms with Gasteiger partial charge in [0.05, 0.1) is 16.3 Å². The number of hydrogen-bond acceptors (Lipinski definition) is 4. The minimum atomic E-state index is -4.42. The van der Waals surface area contributed by atoms with E-state index >= 15 is 0 Å². The van der Waals surface area contributed by atoms with E-state index in [-0.39, 0.29) is 17.9 Å². The van der Waals surface area contributed by atoms with Gasteiger partial charge in [0.1, 0.15) is 0 Å². The van der Waals surface area contributed by atoms with E-state index in [1.165, 1.54) is 17.4 Å². The van der Waals surface area contributed by atoms with Gasteiger partial charge in [0.25, 0.3) is 0 Å². The first-order valence-corrected chi connectivity index (χ1v) is 11.8. The van der Waals surface area contributed by atoms with E-state index in [9.17, 15) is 18.0 Å². The molecule has 0 radical (unpaired) electrons. The molecule has 168 valence electrons. The summed E-state index contributed by atoms with van der Waals surface area (Å²) in [5.41, 5.74) is 1.76. The van der Waals surface area contributed by atoms with Crippen LogP contribution in [-0.2, 0) is 23.8 Å². The van der Waals surface area contributed by atoms with Crippen LogP contribution in [0.15, 0.2) is 17.5 Å². The fraction of sp³-hybridized carbons (Fsp3) is 0.565. The number of carbonyl (C=O) groups is 1. The average Bonchev–Trinajstić information content (AvgIpc) is 3.10. The van der Waals surface area contributed by atoms with E-state index in [0.29, 0.717) is 31.0 Å². The van der Waals surface area contributed by atoms with Crippen LogP contribution in [0, 0.1) is 5.92 Å². The minimum absolute atomic E-state index is 0.186. The van der Waals surface area contributed by atoms with Crippen molar-refractivity contribution >= 4 is 17.3 Å². The van der Waals surface area contributed by atoms with Crippen LogP contribution in [0.4, 0.5) is 13.2 Å². The summed E-state index contributed by atoms with van der Waals surface area (Å²) in [4.78, 5) is 15.4. The highest BCUT2D eigenvalue weighted by Crippen LogP contribution is 2.42. The van der Waals surface area contributed by atoms with E-state index in [1.807, 2.05) is 0 Å². The van der Waals surface area contributed by atoms with Crippen LogP contribution in [0.25, 0.3) is 11.3 Å². The van der Waals surface area contributed by atoms with Gasteiger partial charge < -0.3 is 10.4 Å². The van der Waals surface area contributed by atoms with E-state index in [4.69, 9.17) is 5.11 Å². The number of thiazole rings is 1. The number of carboxylic acid groups (broad SMARTS) is 1. The molecule has 0 spiro atoms. The molecular weight excluding hydrogens is 425 g/mol. The molecule has 31 heavy (non-hydrogen) atoms. The minimum Gasteiger partial charge on any atom is -0.481 e. The van der Waals surface area contributed by atoms with Crippen LogP contribution in [-0.4, -0.2) is 29.1 Å². The lowest BCUT2D eigenvalue weighted by Gasteiger charge is -2.26. The second kappa shape index (κ2) is 9.28. The van der Waals surface area contributed by atoms with Gasteiger partial charge in [-0.2, -0.15) is 13.2 Å². The van der Waals surface area contributed by atoms with Crippen LogP contribution in [0.1, 0.15) is 66.1 Å². The van der Waals surface area contributed by atoms with Gasteiger partial charge in [-0.25, -0.2) is 4.98 Å². The van der Waals surface area contributed by atoms with Crippen molar-refractivity contribution in [2.24, 2.45) is 5.92 Å². The first kappa shape index (κ1) is 22.3. The molecule has 4 nitrogen and oxygen atoms in total. The molecule has 0 amide bonds. The average molecular weight is 453 g/mol. The lowest BCUT2D eigenvalue weighted by Crippen LogP contribution is -2.16. The van der Waals surface area contributed by atoms with Crippen molar-refractivity contribution < 1.29 is 23.1 Å². The van der Waals surface area contributed by atoms with Gasteiger partial charge in [-0.1, -0.05) is 0 Å². The molecular formula is C23H27F3N2O2S. The second-order valence-electron chi connectivity index (χ2n) is 8.64. The summed E-state index contributed by atoms with van der Waals surface area (Å²) >= 11 is 1.45. The van der Waals surface area contributed by atoms with Crippen molar-refractivity contribution in [1.29, 1.82) is 0 Å². The lowest BCUT2D eigenvalue weighted by atomic mass is 9.80. The third-order valence-corrected chi connectivity index (χ3v) is 7.55. The van der Waals surface area contributed by atoms with Crippen molar-refractivity contribution in [3.63, 3.8) is 0 Å². The Labute approximate surface area is 183 Å². The van der Waals surface area contributed by atoms with Crippen molar-refractivity contribution in [2.45, 2.75) is 63.5 Å². The number of alkyl halides is 3. The normalized spacial score (nSPS) is 22.0. The van der Waals surface area contributed by atoms with E-state index in [0.717, 1.165) is 54.8 Å². The molecule has 4 rings (SSSR count). The van der Waals surface area contributed by atoms with Crippen molar-refractivity contribution in [3.8, 4) is 11.3 Å². The number of fused-ring (bicyclic) bond motifs is 1. The van der Waals surface area contributed by atoms with E-state index < -0.39 is 17.7 Å². The molecule has 1 saturated carbocycles. The standard InChI is InChI=1S/C23H27F3N2O2S/c24-23(25,26)19-12-17-8-10-27-9-7-16(17)11-18(19)20-13-31-22(28-20)15-4-1-14(2-5-15)3-6-21(29)30/h11-15,27H,1-10H2,(H,29,30)/t14-,15-. The number of nitrogens with zero attached hydrogens (tertiary/aromatic N) is 1. The molecule has 1 aliphatic heterocycles. The Morgan fingerprint density at radius 1 is 1.13 bits per heavy atom. The monoisotopic (exact) mass is 452 g/mol. The highest BCUT2D eigenvalue weighted by atomic mass is 32.1. The summed E-state index contributed by atoms with van der Waals surface area (Å²) in [6, 6.07) is 3.02. The Morgan fingerprint density at radius 2 is 1.81 bits per heavy atom. The predicted octanol–water partition coefficient (Wildman–Crippen LogP) is 5.66. The molecule has 8 heteroatoms. The quantitative estimate of drug-likeness (QED) is 0.615. The second-order valence-corrected chi connectivity index (χ2v) is 9.52. The third kappa shape index (κ3) is 5.29. The largest absolute Gasteiger partial charge is 0.481 e. The van der Waals surface area contributed by atoms with E-state index in [1.54, 1.807) is 11.4 Å². The summed E-state index contributed by atoms with van der Waals surface area (Å²) in [6.07, 6.45) is 1.53. The number of rotatable bonds is 5. The molecule has 0 saturated heterocycles. The first-order valence-electron chi connectivity index (χ1n) is 10.9. The van der Waals surface area contributed by atoms with Gasteiger partial charge in [-0.05, 0) is 87.2 Å². The van der Waals surface area contributed by atoms with Crippen molar-refractivity contribution in [2.75, 3.05) is 13.1 Å². The smallest absolute Gasteiger partial charge is 0.417 e. The fourth-order valence-corrected chi connectivity index (χ4v) is 5.79. The van der Waals surface area contributed by atoms with E-state index in [2.05, 4.69) is 10.3 Å². The molecule has 2 aromatic rings. The Hall–Kier alpha value is -1.93. The molecule has 1 aliphatic carbocycles. The number of carboxylic acids is 1. The number of halogens is 3. The maximum Gasteiger partial charge on any atom is 0.417 e. The van der Waals surface area contributed by atoms with Gasteiger partial charge in [0.15, 0.2) is 0 Å². The van der Waals surface area contributed by atoms with Gasteiger partial charge in [0.2, 0.25) is 0 Å². The molecule has 1 fully saturated rings. The number of hydrogen-bond donors (Lipinski definition) is 2. The molecule has 0 atom stereocenters. The summed E-state index contributed by atoms with van der Waals surface area (Å²) in [6.45, 7) is 1.46. The zero-order valence-corrected chi connectivity index (χ0v) is 18.1. The Bertz CT molecular complexity index is 933. The Kier molecular flexibility index (Phi) is 6.67. The lowest BCUT2D eigenvalue weighted by molar-refractivity contribution is -0.138. The van der Waals surface area contributed by atoms with Crippen LogP contribution in [0.5, 0.6) is 0 Å². The van der Waals surface area contributed by atoms with Crippen molar-refractivity contribution in [1.82, 2.24) is 10.3 Å². The number of aromatic nitrogens is 1. The number of aliphatic carboxylic acids is 1. The van der Waals surface area contributed by atoms with Crippen LogP contribution in [0.3, 0.4) is 0 Å². The molecule has 2 N–H and O–H groups in total. The molecule has 0 unspecified atom stereocenters. The molecule has 1 aromatic heterocycles. The topological polar surface area (TPSA) is 62.2 Å². The summed E-state index contributed by atoms with van der Waals surface area (Å²) in [5, 5.41) is 14.8. The maximum atomic E-state index is 13.9. The third-order valence-electron chi connectivity index (χ3n) is 6.55. The SMILES string of the molecule is O=C(O)CC[C@H]1CC[C@H](c2nc(-c3cc4c(cc3C(F)(F)F)CCNCC4)cs2)CC1. The maximum absolute atomic E-state index is 13.9. The first-order chi connectivity index (χ1) is 14.8.